The van der Waals surface area contributed by atoms with Crippen molar-refractivity contribution in [3.05, 3.63) is 70.8 Å². The number of benzene rings is 2. The number of hydrogen-bond acceptors (Lipinski definition) is 5. The number of alkyl halides is 3. The van der Waals surface area contributed by atoms with Crippen LogP contribution in [0.25, 0.3) is 0 Å². The molecule has 0 aliphatic carbocycles. The summed E-state index contributed by atoms with van der Waals surface area (Å²) in [6, 6.07) is 6.92. The largest absolute Gasteiger partial charge is 0.449 e. The van der Waals surface area contributed by atoms with Gasteiger partial charge in [-0.3, -0.25) is 14.5 Å². The van der Waals surface area contributed by atoms with E-state index in [0.29, 0.717) is 19.4 Å². The highest BCUT2D eigenvalue weighted by Gasteiger charge is 2.49. The first-order chi connectivity index (χ1) is 19.5. The number of carbonyl (C=O) groups excluding carboxylic acids is 3. The van der Waals surface area contributed by atoms with Gasteiger partial charge in [-0.15, -0.1) is 0 Å². The maximum Gasteiger partial charge on any atom is 0.416 e. The molecule has 222 valence electrons. The predicted molar refractivity (Wildman–Crippen MR) is 137 cm³/mol. The Labute approximate surface area is 233 Å². The van der Waals surface area contributed by atoms with Gasteiger partial charge in [-0.2, -0.15) is 13.2 Å². The van der Waals surface area contributed by atoms with Crippen LogP contribution in [0, 0.1) is 11.6 Å². The number of nitrogens with zero attached hydrogens (tertiary/aromatic N) is 3. The summed E-state index contributed by atoms with van der Waals surface area (Å²) < 4.78 is 73.6. The predicted octanol–water partition coefficient (Wildman–Crippen LogP) is 4.06. The average Bonchev–Trinajstić information content (AvgIpc) is 2.92. The molecule has 2 aliphatic heterocycles. The second-order valence-electron chi connectivity index (χ2n) is 10.00. The summed E-state index contributed by atoms with van der Waals surface area (Å²) in [6.07, 6.45) is -5.30. The van der Waals surface area contributed by atoms with E-state index in [1.165, 1.54) is 32.9 Å². The number of fused-ring (bicyclic) bond motifs is 1. The van der Waals surface area contributed by atoms with Crippen molar-refractivity contribution in [3.8, 4) is 0 Å². The van der Waals surface area contributed by atoms with E-state index in [1.54, 1.807) is 0 Å². The smallest absolute Gasteiger partial charge is 0.416 e. The Morgan fingerprint density at radius 1 is 1.05 bits per heavy atom. The molecule has 0 bridgehead atoms. The Kier molecular flexibility index (Phi) is 9.46. The van der Waals surface area contributed by atoms with Gasteiger partial charge in [-0.1, -0.05) is 18.2 Å². The number of carbonyl (C=O) groups is 3. The van der Waals surface area contributed by atoms with Gasteiger partial charge < -0.3 is 20.3 Å². The van der Waals surface area contributed by atoms with Crippen LogP contribution in [0.5, 0.6) is 0 Å². The standard InChI is InChI=1S/C28H31F5N4O4/c29-20-8-9-22(30)19(15-20)16-35-17-24-36(13-10-25(38)37(24)23(26(35)39)7-3-4-12-34)27(40)41-14-11-18-5-1-2-6-21(18)28(31,32)33/h1-2,5-6,8-9,15,23-24H,3-4,7,10-14,16-17,34H2/t23?,24-/m1/s1. The second kappa shape index (κ2) is 12.8. The zero-order chi connectivity index (χ0) is 29.7. The lowest BCUT2D eigenvalue weighted by atomic mass is 9.98. The normalized spacial score (nSPS) is 19.4. The van der Waals surface area contributed by atoms with Crippen LogP contribution in [0.3, 0.4) is 0 Å². The van der Waals surface area contributed by atoms with Crippen LogP contribution < -0.4 is 5.73 Å². The van der Waals surface area contributed by atoms with E-state index < -0.39 is 47.6 Å². The summed E-state index contributed by atoms with van der Waals surface area (Å²) >= 11 is 0. The van der Waals surface area contributed by atoms with Crippen LogP contribution in [-0.4, -0.2) is 71.1 Å². The molecular weight excluding hydrogens is 551 g/mol. The van der Waals surface area contributed by atoms with E-state index in [9.17, 15) is 36.3 Å². The number of piperazine rings is 1. The Hall–Kier alpha value is -3.74. The molecule has 1 unspecified atom stereocenters. The maximum absolute atomic E-state index is 14.4. The molecule has 41 heavy (non-hydrogen) atoms. The number of amides is 3. The molecule has 0 saturated carbocycles. The molecule has 0 radical (unpaired) electrons. The SMILES string of the molecule is NCCCCC1C(=O)N(Cc2cc(F)ccc2F)C[C@@H]2N(C(=O)OCCc3ccccc3C(F)(F)F)CCC(=O)N12. The van der Waals surface area contributed by atoms with Gasteiger partial charge in [0, 0.05) is 31.5 Å². The van der Waals surface area contributed by atoms with E-state index in [-0.39, 0.29) is 62.5 Å². The van der Waals surface area contributed by atoms with E-state index in [1.807, 2.05) is 0 Å². The van der Waals surface area contributed by atoms with Crippen LogP contribution in [0.15, 0.2) is 42.5 Å². The van der Waals surface area contributed by atoms with Gasteiger partial charge in [0.15, 0.2) is 0 Å². The summed E-state index contributed by atoms with van der Waals surface area (Å²) in [5.74, 6) is -2.20. The first-order valence-electron chi connectivity index (χ1n) is 13.3. The molecule has 2 aliphatic rings. The topological polar surface area (TPSA) is 96.2 Å². The molecular formula is C28H31F5N4O4. The molecule has 0 aromatic heterocycles. The van der Waals surface area contributed by atoms with Crippen molar-refractivity contribution < 1.29 is 41.1 Å². The molecule has 2 saturated heterocycles. The Bertz CT molecular complexity index is 1270. The molecule has 3 amide bonds. The number of unbranched alkanes of at least 4 members (excludes halogenated alkanes) is 1. The fourth-order valence-electron chi connectivity index (χ4n) is 5.31. The highest BCUT2D eigenvalue weighted by molar-refractivity contribution is 5.90. The van der Waals surface area contributed by atoms with Gasteiger partial charge in [0.2, 0.25) is 11.8 Å². The van der Waals surface area contributed by atoms with Gasteiger partial charge in [0.1, 0.15) is 23.8 Å². The van der Waals surface area contributed by atoms with Crippen LogP contribution in [-0.2, 0) is 33.5 Å². The lowest BCUT2D eigenvalue weighted by Crippen LogP contribution is -2.71. The van der Waals surface area contributed by atoms with Gasteiger partial charge in [0.25, 0.3) is 0 Å². The van der Waals surface area contributed by atoms with Crippen molar-refractivity contribution in [2.24, 2.45) is 5.73 Å². The van der Waals surface area contributed by atoms with Crippen LogP contribution >= 0.6 is 0 Å². The minimum absolute atomic E-state index is 0.0326. The molecule has 2 heterocycles. The second-order valence-corrected chi connectivity index (χ2v) is 10.00. The monoisotopic (exact) mass is 582 g/mol. The van der Waals surface area contributed by atoms with E-state index in [2.05, 4.69) is 0 Å². The Morgan fingerprint density at radius 2 is 1.80 bits per heavy atom. The number of halogens is 5. The van der Waals surface area contributed by atoms with E-state index in [4.69, 9.17) is 10.5 Å². The minimum Gasteiger partial charge on any atom is -0.449 e. The summed E-state index contributed by atoms with van der Waals surface area (Å²) in [5, 5.41) is 0. The zero-order valence-electron chi connectivity index (χ0n) is 22.2. The van der Waals surface area contributed by atoms with Gasteiger partial charge in [-0.25, -0.2) is 13.6 Å². The summed E-state index contributed by atoms with van der Waals surface area (Å²) in [4.78, 5) is 43.5. The molecule has 2 aromatic carbocycles. The highest BCUT2D eigenvalue weighted by Crippen LogP contribution is 2.33. The molecule has 2 atom stereocenters. The van der Waals surface area contributed by atoms with Crippen molar-refractivity contribution in [2.75, 3.05) is 26.2 Å². The van der Waals surface area contributed by atoms with E-state index in [0.717, 1.165) is 24.3 Å². The third kappa shape index (κ3) is 6.95. The lowest BCUT2D eigenvalue weighted by molar-refractivity contribution is -0.169. The summed E-state index contributed by atoms with van der Waals surface area (Å²) in [5.41, 5.74) is 4.68. The van der Waals surface area contributed by atoms with Crippen molar-refractivity contribution in [1.82, 2.24) is 14.7 Å². The third-order valence-electron chi connectivity index (χ3n) is 7.31. The van der Waals surface area contributed by atoms with Crippen molar-refractivity contribution in [1.29, 1.82) is 0 Å². The molecule has 2 N–H and O–H groups in total. The number of nitrogens with two attached hydrogens (primary N) is 1. The van der Waals surface area contributed by atoms with Crippen molar-refractivity contribution in [2.45, 2.75) is 57.0 Å². The summed E-state index contributed by atoms with van der Waals surface area (Å²) in [6.45, 7) is -0.484. The van der Waals surface area contributed by atoms with Crippen molar-refractivity contribution >= 4 is 17.9 Å². The van der Waals surface area contributed by atoms with Crippen LogP contribution in [0.1, 0.15) is 42.4 Å². The van der Waals surface area contributed by atoms with Gasteiger partial charge in [0.05, 0.1) is 18.7 Å². The quantitative estimate of drug-likeness (QED) is 0.356. The van der Waals surface area contributed by atoms with Gasteiger partial charge >= 0.3 is 12.3 Å². The summed E-state index contributed by atoms with van der Waals surface area (Å²) in [7, 11) is 0. The van der Waals surface area contributed by atoms with Gasteiger partial charge in [-0.05, 0) is 55.6 Å². The highest BCUT2D eigenvalue weighted by atomic mass is 19.4. The lowest BCUT2D eigenvalue weighted by Gasteiger charge is -2.52. The first-order valence-corrected chi connectivity index (χ1v) is 13.3. The maximum atomic E-state index is 14.4. The molecule has 2 fully saturated rings. The molecule has 0 spiro atoms. The number of ether oxygens (including phenoxy) is 1. The molecule has 4 rings (SSSR count). The van der Waals surface area contributed by atoms with Crippen molar-refractivity contribution in [3.63, 3.8) is 0 Å². The molecule has 13 heteroatoms. The Balaban J connectivity index is 1.53. The average molecular weight is 583 g/mol. The van der Waals surface area contributed by atoms with E-state index >= 15 is 0 Å². The number of rotatable bonds is 9. The number of hydrogen-bond donors (Lipinski definition) is 1. The minimum atomic E-state index is -4.56. The molecule has 8 nitrogen and oxygen atoms in total. The zero-order valence-corrected chi connectivity index (χ0v) is 22.2. The first kappa shape index (κ1) is 30.2. The van der Waals surface area contributed by atoms with Crippen LogP contribution in [0.2, 0.25) is 0 Å². The molecule has 2 aromatic rings. The Morgan fingerprint density at radius 3 is 2.54 bits per heavy atom. The van der Waals surface area contributed by atoms with Crippen LogP contribution in [0.4, 0.5) is 26.7 Å². The third-order valence-corrected chi connectivity index (χ3v) is 7.31. The fraction of sp³-hybridized carbons (Fsp3) is 0.464. The fourth-order valence-corrected chi connectivity index (χ4v) is 5.31.